The van der Waals surface area contributed by atoms with Crippen molar-refractivity contribution in [2.45, 2.75) is 52.1 Å². The van der Waals surface area contributed by atoms with Crippen LogP contribution in [0, 0.1) is 18.7 Å². The van der Waals surface area contributed by atoms with Gasteiger partial charge in [0.05, 0.1) is 5.56 Å². The van der Waals surface area contributed by atoms with Crippen molar-refractivity contribution in [3.63, 3.8) is 0 Å². The van der Waals surface area contributed by atoms with Gasteiger partial charge in [-0.3, -0.25) is 24.3 Å². The zero-order valence-electron chi connectivity index (χ0n) is 21.1. The van der Waals surface area contributed by atoms with Crippen LogP contribution in [0.5, 0.6) is 0 Å². The van der Waals surface area contributed by atoms with Gasteiger partial charge in [-0.1, -0.05) is 12.8 Å². The van der Waals surface area contributed by atoms with Crippen LogP contribution in [0.4, 0.5) is 10.1 Å². The summed E-state index contributed by atoms with van der Waals surface area (Å²) in [5.74, 6) is -0.749. The molecule has 1 aliphatic heterocycles. The number of nitrogens with one attached hydrogen (secondary N) is 2. The van der Waals surface area contributed by atoms with E-state index < -0.39 is 11.7 Å². The first-order valence-corrected chi connectivity index (χ1v) is 12.6. The number of hydrogen-bond donors (Lipinski definition) is 2. The molecule has 1 saturated heterocycles. The Kier molecular flexibility index (Phi) is 7.98. The third kappa shape index (κ3) is 5.73. The lowest BCUT2D eigenvalue weighted by Crippen LogP contribution is -2.54. The molecular weight excluding hydrogens is 461 g/mol. The molecule has 36 heavy (non-hydrogen) atoms. The number of pyridine rings is 1. The van der Waals surface area contributed by atoms with E-state index in [1.165, 1.54) is 37.5 Å². The second-order valence-electron chi connectivity index (χ2n) is 9.80. The number of hydrogen-bond acceptors (Lipinski definition) is 5. The summed E-state index contributed by atoms with van der Waals surface area (Å²) < 4.78 is 14.5. The van der Waals surface area contributed by atoms with Crippen molar-refractivity contribution in [1.29, 1.82) is 0 Å². The van der Waals surface area contributed by atoms with Gasteiger partial charge in [0.15, 0.2) is 0 Å². The molecule has 2 N–H and O–H groups in total. The average Bonchev–Trinajstić information content (AvgIpc) is 3.41. The number of rotatable bonds is 6. The summed E-state index contributed by atoms with van der Waals surface area (Å²) in [6.45, 7) is 6.59. The molecule has 0 spiro atoms. The van der Waals surface area contributed by atoms with Crippen LogP contribution in [0.25, 0.3) is 0 Å². The van der Waals surface area contributed by atoms with Crippen molar-refractivity contribution in [2.75, 3.05) is 32.0 Å². The van der Waals surface area contributed by atoms with E-state index in [1.807, 2.05) is 11.8 Å². The maximum absolute atomic E-state index is 14.5. The number of aromatic nitrogens is 1. The van der Waals surface area contributed by atoms with E-state index in [4.69, 9.17) is 0 Å². The first-order chi connectivity index (χ1) is 17.3. The number of benzene rings is 1. The van der Waals surface area contributed by atoms with E-state index in [-0.39, 0.29) is 35.0 Å². The van der Waals surface area contributed by atoms with Gasteiger partial charge >= 0.3 is 0 Å². The Balaban J connectivity index is 1.41. The van der Waals surface area contributed by atoms with Crippen LogP contribution in [0.15, 0.2) is 30.5 Å². The van der Waals surface area contributed by atoms with Crippen LogP contribution >= 0.6 is 0 Å². The van der Waals surface area contributed by atoms with Crippen molar-refractivity contribution in [3.05, 3.63) is 58.7 Å². The maximum Gasteiger partial charge on any atom is 0.269 e. The number of anilines is 1. The van der Waals surface area contributed by atoms with Gasteiger partial charge in [-0.15, -0.1) is 0 Å². The molecule has 1 unspecified atom stereocenters. The number of nitrogens with zero attached hydrogens (tertiary/aromatic N) is 3. The largest absolute Gasteiger partial charge is 0.354 e. The molecule has 1 atom stereocenters. The highest BCUT2D eigenvalue weighted by Gasteiger charge is 2.33. The molecule has 2 heterocycles. The summed E-state index contributed by atoms with van der Waals surface area (Å²) in [6, 6.07) is 5.90. The number of halogens is 1. The van der Waals surface area contributed by atoms with Crippen molar-refractivity contribution in [1.82, 2.24) is 20.1 Å². The molecule has 2 aromatic rings. The van der Waals surface area contributed by atoms with Crippen LogP contribution in [0.2, 0.25) is 0 Å². The Morgan fingerprint density at radius 1 is 1.11 bits per heavy atom. The van der Waals surface area contributed by atoms with Crippen LogP contribution in [-0.2, 0) is 11.3 Å². The summed E-state index contributed by atoms with van der Waals surface area (Å²) in [7, 11) is 1.51. The van der Waals surface area contributed by atoms with Gasteiger partial charge in [0, 0.05) is 57.1 Å². The highest BCUT2D eigenvalue weighted by atomic mass is 19.1. The van der Waals surface area contributed by atoms with Crippen LogP contribution < -0.4 is 10.6 Å². The van der Waals surface area contributed by atoms with Gasteiger partial charge in [-0.2, -0.15) is 0 Å². The number of carbonyl (C=O) groups excluding carboxylic acids is 3. The van der Waals surface area contributed by atoms with E-state index in [0.717, 1.165) is 49.9 Å². The fourth-order valence-corrected chi connectivity index (χ4v) is 5.17. The molecule has 1 aromatic heterocycles. The van der Waals surface area contributed by atoms with Crippen molar-refractivity contribution in [2.24, 2.45) is 5.92 Å². The molecule has 4 rings (SSSR count). The molecule has 2 fully saturated rings. The number of amides is 3. The number of piperazine rings is 1. The van der Waals surface area contributed by atoms with Crippen molar-refractivity contribution < 1.29 is 18.8 Å². The van der Waals surface area contributed by atoms with E-state index in [0.29, 0.717) is 18.8 Å². The molecular formula is C27H34FN5O3. The predicted molar refractivity (Wildman–Crippen MR) is 135 cm³/mol. The Morgan fingerprint density at radius 2 is 1.86 bits per heavy atom. The fourth-order valence-electron chi connectivity index (χ4n) is 5.17. The zero-order chi connectivity index (χ0) is 25.8. The van der Waals surface area contributed by atoms with Crippen molar-refractivity contribution in [3.8, 4) is 0 Å². The summed E-state index contributed by atoms with van der Waals surface area (Å²) in [5, 5.41) is 5.26. The third-order valence-electron chi connectivity index (χ3n) is 7.31. The summed E-state index contributed by atoms with van der Waals surface area (Å²) in [4.78, 5) is 45.6. The first-order valence-electron chi connectivity index (χ1n) is 12.6. The predicted octanol–water partition coefficient (Wildman–Crippen LogP) is 3.36. The minimum absolute atomic E-state index is 0.102. The standard InChI is InChI=1S/C27H34FN5O3/c1-17-15-32(10-11-33(17)27(36)19-6-4-5-7-19)16-21-12-22(28)13-24(18(21)2)31-25(34)20-8-9-23(30-14-20)26(35)29-3/h8-9,12-14,17,19H,4-7,10-11,15-16H2,1-3H3,(H,29,35)(H,31,34). The lowest BCUT2D eigenvalue weighted by Gasteiger charge is -2.41. The van der Waals surface area contributed by atoms with Crippen LogP contribution in [0.3, 0.4) is 0 Å². The van der Waals surface area contributed by atoms with Gasteiger partial charge in [0.25, 0.3) is 11.8 Å². The average molecular weight is 496 g/mol. The molecule has 8 nitrogen and oxygen atoms in total. The zero-order valence-corrected chi connectivity index (χ0v) is 21.1. The molecule has 2 aliphatic rings. The Morgan fingerprint density at radius 3 is 2.50 bits per heavy atom. The molecule has 0 bridgehead atoms. The first kappa shape index (κ1) is 25.8. The normalized spacial score (nSPS) is 18.8. The minimum atomic E-state index is -0.432. The quantitative estimate of drug-likeness (QED) is 0.641. The Hall–Kier alpha value is -3.33. The van der Waals surface area contributed by atoms with Gasteiger partial charge in [-0.25, -0.2) is 4.39 Å². The molecule has 9 heteroatoms. The Bertz CT molecular complexity index is 1130. The van der Waals surface area contributed by atoms with Crippen molar-refractivity contribution >= 4 is 23.4 Å². The number of carbonyl (C=O) groups is 3. The van der Waals surface area contributed by atoms with E-state index >= 15 is 0 Å². The molecule has 1 saturated carbocycles. The van der Waals surface area contributed by atoms with Crippen LogP contribution in [0.1, 0.15) is 64.6 Å². The van der Waals surface area contributed by atoms with Gasteiger partial charge in [0.2, 0.25) is 5.91 Å². The monoisotopic (exact) mass is 495 g/mol. The maximum atomic E-state index is 14.5. The van der Waals surface area contributed by atoms with Gasteiger partial charge < -0.3 is 15.5 Å². The topological polar surface area (TPSA) is 94.6 Å². The fraction of sp³-hybridized carbons (Fsp3) is 0.481. The summed E-state index contributed by atoms with van der Waals surface area (Å²) in [6.07, 6.45) is 5.60. The molecule has 192 valence electrons. The smallest absolute Gasteiger partial charge is 0.269 e. The van der Waals surface area contributed by atoms with Gasteiger partial charge in [-0.05, 0) is 62.1 Å². The molecule has 1 aliphatic carbocycles. The summed E-state index contributed by atoms with van der Waals surface area (Å²) >= 11 is 0. The third-order valence-corrected chi connectivity index (χ3v) is 7.31. The second-order valence-corrected chi connectivity index (χ2v) is 9.80. The molecule has 1 aromatic carbocycles. The molecule has 3 amide bonds. The minimum Gasteiger partial charge on any atom is -0.354 e. The van der Waals surface area contributed by atoms with E-state index in [1.54, 1.807) is 0 Å². The van der Waals surface area contributed by atoms with Crippen LogP contribution in [-0.4, -0.2) is 65.2 Å². The lowest BCUT2D eigenvalue weighted by atomic mass is 10.0. The lowest BCUT2D eigenvalue weighted by molar-refractivity contribution is -0.140. The highest BCUT2D eigenvalue weighted by Crippen LogP contribution is 2.29. The van der Waals surface area contributed by atoms with E-state index in [9.17, 15) is 18.8 Å². The second kappa shape index (κ2) is 11.2. The summed E-state index contributed by atoms with van der Waals surface area (Å²) in [5.41, 5.74) is 2.45. The van der Waals surface area contributed by atoms with E-state index in [2.05, 4.69) is 27.4 Å². The molecule has 0 radical (unpaired) electrons. The SMILES string of the molecule is CNC(=O)c1ccc(C(=O)Nc2cc(F)cc(CN3CCN(C(=O)C4CCCC4)C(C)C3)c2C)cn1. The highest BCUT2D eigenvalue weighted by molar-refractivity contribution is 6.05. The Labute approximate surface area is 211 Å². The van der Waals surface area contributed by atoms with Gasteiger partial charge in [0.1, 0.15) is 11.5 Å².